The molecule has 0 radical (unpaired) electrons. The first-order valence-corrected chi connectivity index (χ1v) is 12.0. The molecule has 0 aliphatic rings. The predicted octanol–water partition coefficient (Wildman–Crippen LogP) is 2.43. The normalized spacial score (nSPS) is 12.7. The summed E-state index contributed by atoms with van der Waals surface area (Å²) in [6.45, 7) is 13.2. The molecule has 2 N–H and O–H groups in total. The van der Waals surface area contributed by atoms with Gasteiger partial charge in [-0.1, -0.05) is 6.92 Å². The van der Waals surface area contributed by atoms with Gasteiger partial charge in [0.2, 0.25) is 5.88 Å². The summed E-state index contributed by atoms with van der Waals surface area (Å²) in [6.07, 6.45) is 2.53. The zero-order valence-electron chi connectivity index (χ0n) is 15.5. The van der Waals surface area contributed by atoms with Gasteiger partial charge in [0.05, 0.1) is 6.61 Å². The Kier molecular flexibility index (Phi) is 8.95. The molecule has 0 aromatic carbocycles. The molecule has 0 aliphatic heterocycles. The smallest absolute Gasteiger partial charge is 0.256 e. The van der Waals surface area contributed by atoms with E-state index < -0.39 is 8.32 Å². The first-order chi connectivity index (χ1) is 11.3. The van der Waals surface area contributed by atoms with Crippen molar-refractivity contribution in [2.75, 3.05) is 26.2 Å². The summed E-state index contributed by atoms with van der Waals surface area (Å²) in [4.78, 5) is 16.4. The summed E-state index contributed by atoms with van der Waals surface area (Å²) >= 11 is 0. The maximum atomic E-state index is 12.2. The molecular formula is C17H31N3O3Si. The van der Waals surface area contributed by atoms with Crippen LogP contribution in [-0.4, -0.2) is 51.6 Å². The van der Waals surface area contributed by atoms with E-state index in [1.165, 1.54) is 0 Å². The number of nitrogens with one attached hydrogen (secondary N) is 2. The number of carbonyl (C=O) groups is 1. The van der Waals surface area contributed by atoms with Gasteiger partial charge in [0.25, 0.3) is 5.91 Å². The second-order valence-electron chi connectivity index (χ2n) is 6.64. The van der Waals surface area contributed by atoms with Crippen molar-refractivity contribution in [3.8, 4) is 5.88 Å². The maximum Gasteiger partial charge on any atom is 0.256 e. The third-order valence-corrected chi connectivity index (χ3v) is 4.28. The summed E-state index contributed by atoms with van der Waals surface area (Å²) in [7, 11) is -1.54. The first-order valence-electron chi connectivity index (χ1n) is 8.58. The molecule has 1 unspecified atom stereocenters. The van der Waals surface area contributed by atoms with Gasteiger partial charge in [-0.3, -0.25) is 4.79 Å². The second kappa shape index (κ2) is 10.4. The van der Waals surface area contributed by atoms with Crippen molar-refractivity contribution in [2.24, 2.45) is 0 Å². The van der Waals surface area contributed by atoms with Crippen molar-refractivity contribution in [1.82, 2.24) is 15.6 Å². The fourth-order valence-electron chi connectivity index (χ4n) is 2.20. The topological polar surface area (TPSA) is 72.5 Å². The monoisotopic (exact) mass is 353 g/mol. The lowest BCUT2D eigenvalue weighted by Gasteiger charge is -2.23. The lowest BCUT2D eigenvalue weighted by Crippen LogP contribution is -2.32. The molecule has 6 nitrogen and oxygen atoms in total. The first kappa shape index (κ1) is 20.6. The molecule has 136 valence electrons. The van der Waals surface area contributed by atoms with Crippen molar-refractivity contribution >= 4 is 14.2 Å². The highest BCUT2D eigenvalue weighted by Crippen LogP contribution is 2.15. The molecule has 1 aromatic heterocycles. The van der Waals surface area contributed by atoms with Crippen molar-refractivity contribution in [3.05, 3.63) is 23.9 Å². The van der Waals surface area contributed by atoms with Crippen LogP contribution in [0.4, 0.5) is 0 Å². The van der Waals surface area contributed by atoms with E-state index in [4.69, 9.17) is 9.16 Å². The highest BCUT2D eigenvalue weighted by Gasteiger charge is 2.18. The third-order valence-electron chi connectivity index (χ3n) is 3.17. The molecule has 0 spiro atoms. The van der Waals surface area contributed by atoms with Crippen LogP contribution in [0.15, 0.2) is 18.3 Å². The molecule has 1 rings (SSSR count). The molecule has 1 aromatic rings. The minimum atomic E-state index is -1.54. The number of aromatic nitrogens is 1. The Morgan fingerprint density at radius 1 is 1.33 bits per heavy atom. The molecule has 7 heteroatoms. The Balaban J connectivity index is 2.49. The molecule has 0 bridgehead atoms. The van der Waals surface area contributed by atoms with E-state index in [9.17, 15) is 4.79 Å². The Morgan fingerprint density at radius 2 is 2.08 bits per heavy atom. The highest BCUT2D eigenvalue weighted by atomic mass is 28.4. The highest BCUT2D eigenvalue weighted by molar-refractivity contribution is 6.69. The van der Waals surface area contributed by atoms with E-state index in [1.807, 2.05) is 13.8 Å². The molecule has 1 atom stereocenters. The van der Waals surface area contributed by atoms with Crippen LogP contribution in [0.25, 0.3) is 0 Å². The van der Waals surface area contributed by atoms with Gasteiger partial charge in [-0.25, -0.2) is 4.98 Å². The van der Waals surface area contributed by atoms with Crippen LogP contribution in [0.2, 0.25) is 19.6 Å². The summed E-state index contributed by atoms with van der Waals surface area (Å²) in [5.74, 6) is 0.209. The summed E-state index contributed by atoms with van der Waals surface area (Å²) in [5.41, 5.74) is 0.466. The van der Waals surface area contributed by atoms with Crippen LogP contribution in [0.3, 0.4) is 0 Å². The average molecular weight is 354 g/mol. The Labute approximate surface area is 146 Å². The summed E-state index contributed by atoms with van der Waals surface area (Å²) < 4.78 is 11.7. The lowest BCUT2D eigenvalue weighted by molar-refractivity contribution is 0.0948. The van der Waals surface area contributed by atoms with Crippen LogP contribution in [0, 0.1) is 0 Å². The van der Waals surface area contributed by atoms with E-state index >= 15 is 0 Å². The molecule has 0 aliphatic carbocycles. The second-order valence-corrected chi connectivity index (χ2v) is 11.1. The van der Waals surface area contributed by atoms with Gasteiger partial charge < -0.3 is 19.8 Å². The van der Waals surface area contributed by atoms with Crippen LogP contribution in [0.5, 0.6) is 5.88 Å². The maximum absolute atomic E-state index is 12.2. The lowest BCUT2D eigenvalue weighted by atomic mass is 10.2. The fourth-order valence-corrected chi connectivity index (χ4v) is 3.52. The zero-order valence-corrected chi connectivity index (χ0v) is 16.5. The predicted molar refractivity (Wildman–Crippen MR) is 99.1 cm³/mol. The molecule has 24 heavy (non-hydrogen) atoms. The van der Waals surface area contributed by atoms with Crippen LogP contribution in [-0.2, 0) is 4.43 Å². The van der Waals surface area contributed by atoms with E-state index in [-0.39, 0.29) is 12.0 Å². The molecular weight excluding hydrogens is 322 g/mol. The van der Waals surface area contributed by atoms with Gasteiger partial charge in [0, 0.05) is 31.8 Å². The fraction of sp³-hybridized carbons (Fsp3) is 0.647. The van der Waals surface area contributed by atoms with Crippen LogP contribution in [0.1, 0.15) is 30.6 Å². The molecule has 1 heterocycles. The van der Waals surface area contributed by atoms with Crippen LogP contribution < -0.4 is 15.4 Å². The number of hydrogen-bond donors (Lipinski definition) is 2. The van der Waals surface area contributed by atoms with E-state index in [0.717, 1.165) is 19.5 Å². The Bertz CT molecular complexity index is 506. The van der Waals surface area contributed by atoms with Crippen molar-refractivity contribution in [1.29, 1.82) is 0 Å². The van der Waals surface area contributed by atoms with Gasteiger partial charge >= 0.3 is 0 Å². The number of amides is 1. The minimum Gasteiger partial charge on any atom is -0.477 e. The molecule has 0 saturated heterocycles. The number of hydrogen-bond acceptors (Lipinski definition) is 5. The summed E-state index contributed by atoms with van der Waals surface area (Å²) in [6, 6.07) is 3.47. The van der Waals surface area contributed by atoms with E-state index in [1.54, 1.807) is 18.3 Å². The van der Waals surface area contributed by atoms with Crippen LogP contribution >= 0.6 is 0 Å². The number of likely N-dealkylation sites (N-methyl/N-ethyl adjacent to an activating group) is 1. The molecule has 0 saturated carbocycles. The van der Waals surface area contributed by atoms with Gasteiger partial charge in [-0.2, -0.15) is 0 Å². The zero-order chi connectivity index (χ0) is 18.0. The number of rotatable bonds is 11. The third kappa shape index (κ3) is 8.42. The standard InChI is InChI=1S/C17H31N3O3Si/c1-6-18-11-12-19-16(21)15-8-7-10-20-17(15)22-13-9-14(2)23-24(3,4)5/h7-8,10,14,18H,6,9,11-13H2,1-5H3,(H,19,21). The largest absolute Gasteiger partial charge is 0.477 e. The van der Waals surface area contributed by atoms with Gasteiger partial charge in [-0.15, -0.1) is 0 Å². The molecule has 0 fully saturated rings. The molecule has 1 amide bonds. The van der Waals surface area contributed by atoms with Crippen molar-refractivity contribution < 1.29 is 14.0 Å². The SMILES string of the molecule is CCNCCNC(=O)c1cccnc1OCCC(C)O[Si](C)(C)C. The average Bonchev–Trinajstić information content (AvgIpc) is 2.50. The summed E-state index contributed by atoms with van der Waals surface area (Å²) in [5, 5.41) is 6.03. The Morgan fingerprint density at radius 3 is 2.75 bits per heavy atom. The van der Waals surface area contributed by atoms with Gasteiger partial charge in [0.15, 0.2) is 8.32 Å². The number of pyridine rings is 1. The Hall–Kier alpha value is -1.44. The quantitative estimate of drug-likeness (QED) is 0.472. The van der Waals surface area contributed by atoms with Crippen molar-refractivity contribution in [2.45, 2.75) is 46.0 Å². The minimum absolute atomic E-state index is 0.137. The van der Waals surface area contributed by atoms with Gasteiger partial charge in [0.1, 0.15) is 5.56 Å². The van der Waals surface area contributed by atoms with Crippen molar-refractivity contribution in [3.63, 3.8) is 0 Å². The number of carbonyl (C=O) groups excluding carboxylic acids is 1. The van der Waals surface area contributed by atoms with E-state index in [2.05, 4.69) is 35.3 Å². The number of ether oxygens (including phenoxy) is 1. The number of nitrogens with zero attached hydrogens (tertiary/aromatic N) is 1. The van der Waals surface area contributed by atoms with E-state index in [0.29, 0.717) is 24.6 Å². The van der Waals surface area contributed by atoms with Gasteiger partial charge in [-0.05, 0) is 45.2 Å².